The highest BCUT2D eigenvalue weighted by atomic mass is 35.5. The van der Waals surface area contributed by atoms with E-state index in [1.54, 1.807) is 15.9 Å². The third-order valence-electron chi connectivity index (χ3n) is 4.58. The molecule has 1 fully saturated rings. The minimum Gasteiger partial charge on any atom is -0.503 e. The molecule has 0 radical (unpaired) electrons. The van der Waals surface area contributed by atoms with Crippen molar-refractivity contribution in [3.8, 4) is 5.75 Å². The number of piperazine rings is 1. The summed E-state index contributed by atoms with van der Waals surface area (Å²) < 4.78 is 1.31. The van der Waals surface area contributed by atoms with Gasteiger partial charge in [0, 0.05) is 64.3 Å². The Labute approximate surface area is 176 Å². The van der Waals surface area contributed by atoms with Gasteiger partial charge in [0.05, 0.1) is 0 Å². The lowest BCUT2D eigenvalue weighted by atomic mass is 10.1. The number of amides is 2. The van der Waals surface area contributed by atoms with Gasteiger partial charge in [-0.1, -0.05) is 0 Å². The van der Waals surface area contributed by atoms with Crippen LogP contribution in [0.2, 0.25) is 0 Å². The van der Waals surface area contributed by atoms with Crippen LogP contribution in [0.25, 0.3) is 0 Å². The minimum absolute atomic E-state index is 0. The Hall–Kier alpha value is -1.81. The van der Waals surface area contributed by atoms with Crippen molar-refractivity contribution in [3.63, 3.8) is 0 Å². The van der Waals surface area contributed by atoms with Crippen molar-refractivity contribution in [3.05, 3.63) is 28.7 Å². The van der Waals surface area contributed by atoms with Crippen LogP contribution in [0.5, 0.6) is 5.75 Å². The number of carbonyl (C=O) groups excluding carboxylic acids is 2. The molecule has 28 heavy (non-hydrogen) atoms. The van der Waals surface area contributed by atoms with E-state index >= 15 is 0 Å². The molecule has 2 rings (SSSR count). The van der Waals surface area contributed by atoms with Gasteiger partial charge in [-0.05, 0) is 18.6 Å². The third kappa shape index (κ3) is 7.31. The maximum Gasteiger partial charge on any atom is 0.292 e. The fraction of sp³-hybridized carbons (Fsp3) is 0.588. The van der Waals surface area contributed by atoms with Gasteiger partial charge in [-0.25, -0.2) is 0 Å². The summed E-state index contributed by atoms with van der Waals surface area (Å²) in [5.41, 5.74) is 10.7. The predicted octanol–water partition coefficient (Wildman–Crippen LogP) is -0.475. The molecule has 1 saturated heterocycles. The molecule has 2 amide bonds. The van der Waals surface area contributed by atoms with Gasteiger partial charge in [-0.3, -0.25) is 14.4 Å². The molecular weight excluding hydrogens is 409 g/mol. The van der Waals surface area contributed by atoms with E-state index < -0.39 is 5.56 Å². The molecule has 2 heterocycles. The molecule has 160 valence electrons. The zero-order valence-corrected chi connectivity index (χ0v) is 17.3. The number of halogens is 2. The van der Waals surface area contributed by atoms with Crippen molar-refractivity contribution < 1.29 is 14.7 Å². The van der Waals surface area contributed by atoms with Crippen LogP contribution in [0.3, 0.4) is 0 Å². The number of nitrogens with zero attached hydrogens (tertiary/aromatic N) is 3. The Kier molecular flexibility index (Phi) is 11.8. The largest absolute Gasteiger partial charge is 0.503 e. The van der Waals surface area contributed by atoms with Crippen molar-refractivity contribution in [1.82, 2.24) is 14.4 Å². The van der Waals surface area contributed by atoms with Gasteiger partial charge in [0.25, 0.3) is 5.56 Å². The van der Waals surface area contributed by atoms with Crippen LogP contribution in [-0.2, 0) is 16.1 Å². The average molecular weight is 438 g/mol. The number of carbonyl (C=O) groups is 2. The van der Waals surface area contributed by atoms with Gasteiger partial charge in [-0.15, -0.1) is 24.8 Å². The summed E-state index contributed by atoms with van der Waals surface area (Å²) in [6.45, 7) is 2.51. The second-order valence-electron chi connectivity index (χ2n) is 6.44. The molecule has 0 spiro atoms. The molecule has 5 N–H and O–H groups in total. The molecule has 1 aliphatic heterocycles. The van der Waals surface area contributed by atoms with Gasteiger partial charge in [-0.2, -0.15) is 0 Å². The van der Waals surface area contributed by atoms with Crippen LogP contribution in [0.4, 0.5) is 0 Å². The van der Waals surface area contributed by atoms with E-state index in [2.05, 4.69) is 0 Å². The SMILES string of the molecule is Cl.Cl.NCC(N)CCC(=O)N1CCN(C(=O)CCn2cccc(O)c2=O)CC1. The summed E-state index contributed by atoms with van der Waals surface area (Å²) in [6, 6.07) is 2.71. The predicted molar refractivity (Wildman–Crippen MR) is 111 cm³/mol. The molecular formula is C17H29Cl2N5O4. The molecule has 9 nitrogen and oxygen atoms in total. The number of aryl methyl sites for hydroxylation is 1. The quantitative estimate of drug-likeness (QED) is 0.527. The van der Waals surface area contributed by atoms with E-state index in [0.29, 0.717) is 45.6 Å². The van der Waals surface area contributed by atoms with E-state index in [1.807, 2.05) is 0 Å². The highest BCUT2D eigenvalue weighted by molar-refractivity contribution is 5.85. The smallest absolute Gasteiger partial charge is 0.292 e. The number of hydrogen-bond acceptors (Lipinski definition) is 6. The first-order chi connectivity index (χ1) is 12.4. The maximum absolute atomic E-state index is 12.3. The second kappa shape index (κ2) is 12.6. The Morgan fingerprint density at radius 3 is 2.14 bits per heavy atom. The highest BCUT2D eigenvalue weighted by Gasteiger charge is 2.24. The van der Waals surface area contributed by atoms with Gasteiger partial charge >= 0.3 is 0 Å². The van der Waals surface area contributed by atoms with Crippen LogP contribution in [0, 0.1) is 0 Å². The number of nitrogens with two attached hydrogens (primary N) is 2. The molecule has 1 atom stereocenters. The topological polar surface area (TPSA) is 135 Å². The molecule has 0 saturated carbocycles. The van der Waals surface area contributed by atoms with Crippen molar-refractivity contribution in [2.45, 2.75) is 31.8 Å². The lowest BCUT2D eigenvalue weighted by molar-refractivity contribution is -0.139. The van der Waals surface area contributed by atoms with Gasteiger partial charge in [0.2, 0.25) is 11.8 Å². The Morgan fingerprint density at radius 2 is 1.61 bits per heavy atom. The molecule has 1 unspecified atom stereocenters. The van der Waals surface area contributed by atoms with Crippen molar-refractivity contribution in [2.75, 3.05) is 32.7 Å². The summed E-state index contributed by atoms with van der Waals surface area (Å²) >= 11 is 0. The fourth-order valence-corrected chi connectivity index (χ4v) is 2.86. The number of aromatic nitrogens is 1. The van der Waals surface area contributed by atoms with Crippen LogP contribution in [0.15, 0.2) is 23.1 Å². The Bertz CT molecular complexity index is 692. The van der Waals surface area contributed by atoms with Gasteiger partial charge in [0.1, 0.15) is 0 Å². The summed E-state index contributed by atoms with van der Waals surface area (Å²) in [5.74, 6) is -0.369. The molecule has 0 aliphatic carbocycles. The van der Waals surface area contributed by atoms with E-state index in [0.717, 1.165) is 0 Å². The Balaban J connectivity index is 0.00000364. The first-order valence-electron chi connectivity index (χ1n) is 8.82. The zero-order valence-electron chi connectivity index (χ0n) is 15.7. The molecule has 1 aromatic rings. The average Bonchev–Trinajstić information content (AvgIpc) is 2.66. The Morgan fingerprint density at radius 1 is 1.07 bits per heavy atom. The van der Waals surface area contributed by atoms with Crippen LogP contribution in [0.1, 0.15) is 19.3 Å². The van der Waals surface area contributed by atoms with E-state index in [1.165, 1.54) is 16.8 Å². The first kappa shape index (κ1) is 26.2. The van der Waals surface area contributed by atoms with Crippen molar-refractivity contribution in [1.29, 1.82) is 0 Å². The fourth-order valence-electron chi connectivity index (χ4n) is 2.86. The summed E-state index contributed by atoms with van der Waals surface area (Å²) in [5, 5.41) is 9.41. The molecule has 1 aromatic heterocycles. The lowest BCUT2D eigenvalue weighted by Crippen LogP contribution is -2.51. The lowest BCUT2D eigenvalue weighted by Gasteiger charge is -2.35. The number of hydrogen-bond donors (Lipinski definition) is 3. The number of rotatable bonds is 7. The first-order valence-corrected chi connectivity index (χ1v) is 8.82. The molecule has 0 bridgehead atoms. The summed E-state index contributed by atoms with van der Waals surface area (Å²) in [6.07, 6.45) is 2.64. The minimum atomic E-state index is -0.508. The number of pyridine rings is 1. The van der Waals surface area contributed by atoms with Crippen LogP contribution in [-0.4, -0.2) is 70.1 Å². The van der Waals surface area contributed by atoms with Crippen LogP contribution < -0.4 is 17.0 Å². The number of aromatic hydroxyl groups is 1. The molecule has 0 aromatic carbocycles. The van der Waals surface area contributed by atoms with E-state index in [-0.39, 0.29) is 61.4 Å². The second-order valence-corrected chi connectivity index (χ2v) is 6.44. The summed E-state index contributed by atoms with van der Waals surface area (Å²) in [4.78, 5) is 39.6. The zero-order chi connectivity index (χ0) is 19.1. The summed E-state index contributed by atoms with van der Waals surface area (Å²) in [7, 11) is 0. The third-order valence-corrected chi connectivity index (χ3v) is 4.58. The highest BCUT2D eigenvalue weighted by Crippen LogP contribution is 2.08. The standard InChI is InChI=1S/C17H27N5O4.2ClH/c18-12-13(19)3-4-15(24)20-8-10-21(11-9-20)16(25)5-7-22-6-1-2-14(23)17(22)26;;/h1-2,6,13,23H,3-5,7-12,18-19H2;2*1H. The van der Waals surface area contributed by atoms with Gasteiger partial charge < -0.3 is 30.9 Å². The van der Waals surface area contributed by atoms with E-state index in [9.17, 15) is 19.5 Å². The van der Waals surface area contributed by atoms with Crippen molar-refractivity contribution in [2.24, 2.45) is 11.5 Å². The van der Waals surface area contributed by atoms with Crippen LogP contribution >= 0.6 is 24.8 Å². The van der Waals surface area contributed by atoms with Gasteiger partial charge in [0.15, 0.2) is 5.75 Å². The maximum atomic E-state index is 12.3. The van der Waals surface area contributed by atoms with Crippen molar-refractivity contribution >= 4 is 36.6 Å². The van der Waals surface area contributed by atoms with E-state index in [4.69, 9.17) is 11.5 Å². The normalized spacial score (nSPS) is 14.6. The monoisotopic (exact) mass is 437 g/mol. The molecule has 1 aliphatic rings. The molecule has 11 heteroatoms.